The van der Waals surface area contributed by atoms with E-state index in [0.29, 0.717) is 0 Å². The van der Waals surface area contributed by atoms with E-state index in [-0.39, 0.29) is 21.6 Å². The van der Waals surface area contributed by atoms with Crippen LogP contribution in [0.3, 0.4) is 0 Å². The number of rotatable bonds is 5. The maximum atomic E-state index is 11.9. The zero-order valence-electron chi connectivity index (χ0n) is 9.23. The molecule has 0 aliphatic rings. The van der Waals surface area contributed by atoms with Crippen LogP contribution >= 0.6 is 44.1 Å². The van der Waals surface area contributed by atoms with E-state index in [0.717, 1.165) is 6.07 Å². The predicted molar refractivity (Wildman–Crippen MR) is 83.4 cm³/mol. The minimum atomic E-state index is -6.01. The molecule has 19 heavy (non-hydrogen) atoms. The molecule has 0 radical (unpaired) electrons. The summed E-state index contributed by atoms with van der Waals surface area (Å²) < 4.78 is 25.8. The molecule has 0 fully saturated rings. The zero-order valence-corrected chi connectivity index (χ0v) is 16.4. The van der Waals surface area contributed by atoms with Crippen molar-refractivity contribution in [1.29, 1.82) is 0 Å². The van der Waals surface area contributed by atoms with Crippen molar-refractivity contribution in [1.82, 2.24) is 4.72 Å². The molecule has 0 spiro atoms. The van der Waals surface area contributed by atoms with Gasteiger partial charge in [0.05, 0.1) is 0 Å². The van der Waals surface area contributed by atoms with Crippen LogP contribution in [0, 0.1) is 0 Å². The van der Waals surface area contributed by atoms with Gasteiger partial charge < -0.3 is 0 Å². The van der Waals surface area contributed by atoms with Gasteiger partial charge in [-0.25, -0.2) is 0 Å². The number of aliphatic hydroxyl groups is 1. The summed E-state index contributed by atoms with van der Waals surface area (Å²) in [4.78, 5) is -0.155. The van der Waals surface area contributed by atoms with E-state index in [1.54, 1.807) is 0 Å². The van der Waals surface area contributed by atoms with Crippen molar-refractivity contribution in [3.63, 3.8) is 0 Å². The first kappa shape index (κ1) is 18.4. The number of benzene rings is 1. The third-order valence-electron chi connectivity index (χ3n) is 2.02. The number of halogens is 5. The number of hydrogen-bond acceptors (Lipinski definition) is 3. The minimum absolute atomic E-state index is 0.0470. The van der Waals surface area contributed by atoms with E-state index in [4.69, 9.17) is 49.3 Å². The van der Waals surface area contributed by atoms with Gasteiger partial charge in [0, 0.05) is 0 Å². The standard InChI is InChI=1S/C8H10NO3S.5ClH.Sb/c10-7-6-9-13(11,12)8-4-2-1-3-5-8;;;;;;/h1-2,4-5,9-10H,6-7H2;5*1H;/q;;;;;;+4/p-5. The van der Waals surface area contributed by atoms with Crippen LogP contribution in [0.1, 0.15) is 0 Å². The Morgan fingerprint density at radius 1 is 1.16 bits per heavy atom. The molecule has 0 saturated carbocycles. The molecule has 1 aromatic carbocycles. The molecule has 0 aliphatic carbocycles. The van der Waals surface area contributed by atoms with E-state index < -0.39 is 20.3 Å². The van der Waals surface area contributed by atoms with Crippen molar-refractivity contribution in [2.24, 2.45) is 0 Å². The summed E-state index contributed by atoms with van der Waals surface area (Å²) >= 11 is 0. The summed E-state index contributed by atoms with van der Waals surface area (Å²) in [5.41, 5.74) is 0. The Hall–Kier alpha value is 1.36. The molecule has 4 nitrogen and oxygen atoms in total. The molecule has 0 aliphatic heterocycles. The van der Waals surface area contributed by atoms with Gasteiger partial charge in [-0.15, -0.1) is 0 Å². The first-order valence-electron chi connectivity index (χ1n) is 4.80. The SMILES string of the molecule is O=S(=O)(NCCO)c1ccc[c]([Sb-]([Cl])([Cl])([Cl])([Cl])[Cl])c1. The Kier molecular flexibility index (Phi) is 5.06. The van der Waals surface area contributed by atoms with E-state index in [1.807, 2.05) is 0 Å². The molecule has 0 atom stereocenters. The van der Waals surface area contributed by atoms with Gasteiger partial charge in [-0.3, -0.25) is 0 Å². The van der Waals surface area contributed by atoms with Crippen LogP contribution in [0.2, 0.25) is 0 Å². The number of aliphatic hydroxyl groups excluding tert-OH is 1. The number of hydrogen-bond donors (Lipinski definition) is 2. The molecule has 0 amide bonds. The molecule has 0 bridgehead atoms. The van der Waals surface area contributed by atoms with Crippen molar-refractivity contribution >= 4 is 68.0 Å². The fraction of sp³-hybridized carbons (Fsp3) is 0.250. The molecule has 2 N–H and O–H groups in total. The first-order chi connectivity index (χ1) is 8.26. The Bertz CT molecular complexity index is 586. The summed E-state index contributed by atoms with van der Waals surface area (Å²) in [6.07, 6.45) is 0. The van der Waals surface area contributed by atoms with Crippen LogP contribution in [0.15, 0.2) is 29.2 Å². The Morgan fingerprint density at radius 2 is 1.74 bits per heavy atom. The summed E-state index contributed by atoms with van der Waals surface area (Å²) in [6.45, 7) is -0.469. The van der Waals surface area contributed by atoms with Crippen LogP contribution in [-0.2, 0) is 10.0 Å². The summed E-state index contributed by atoms with van der Waals surface area (Å²) in [5.74, 6) is 0. The zero-order chi connectivity index (χ0) is 15.0. The van der Waals surface area contributed by atoms with Crippen molar-refractivity contribution in [3.8, 4) is 0 Å². The van der Waals surface area contributed by atoms with E-state index in [9.17, 15) is 8.42 Å². The van der Waals surface area contributed by atoms with E-state index in [1.165, 1.54) is 18.2 Å². The average Bonchev–Trinajstić information content (AvgIpc) is 2.24. The molecule has 0 aromatic heterocycles. The van der Waals surface area contributed by atoms with Crippen molar-refractivity contribution in [2.75, 3.05) is 13.2 Å². The molecule has 1 aromatic rings. The average molecular weight is 499 g/mol. The molecular formula is C8H10Cl5NO3SSb-. The molecule has 0 unspecified atom stereocenters. The third-order valence-corrected chi connectivity index (χ3v) is 13.6. The van der Waals surface area contributed by atoms with Gasteiger partial charge in [-0.05, 0) is 0 Å². The molecule has 0 heterocycles. The second kappa shape index (κ2) is 5.22. The van der Waals surface area contributed by atoms with Crippen LogP contribution in [0.4, 0.5) is 0 Å². The Balaban J connectivity index is 3.32. The van der Waals surface area contributed by atoms with E-state index >= 15 is 0 Å². The second-order valence-electron chi connectivity index (χ2n) is 3.68. The molecule has 112 valence electrons. The second-order valence-corrected chi connectivity index (χ2v) is 52.9. The van der Waals surface area contributed by atoms with Crippen molar-refractivity contribution < 1.29 is 13.5 Å². The topological polar surface area (TPSA) is 66.4 Å². The predicted octanol–water partition coefficient (Wildman–Crippen LogP) is 2.20. The quantitative estimate of drug-likeness (QED) is 0.611. The van der Waals surface area contributed by atoms with Gasteiger partial charge in [0.2, 0.25) is 0 Å². The van der Waals surface area contributed by atoms with Crippen molar-refractivity contribution in [2.45, 2.75) is 4.90 Å². The van der Waals surface area contributed by atoms with Crippen LogP contribution < -0.4 is 8.23 Å². The number of sulfonamides is 1. The fourth-order valence-corrected chi connectivity index (χ4v) is 8.17. The third kappa shape index (κ3) is 5.57. The Morgan fingerprint density at radius 3 is 2.21 bits per heavy atom. The summed E-state index contributed by atoms with van der Waals surface area (Å²) in [6, 6.07) is 5.13. The van der Waals surface area contributed by atoms with E-state index in [2.05, 4.69) is 4.72 Å². The van der Waals surface area contributed by atoms with Gasteiger partial charge in [0.25, 0.3) is 0 Å². The van der Waals surface area contributed by atoms with Gasteiger partial charge in [-0.1, -0.05) is 0 Å². The van der Waals surface area contributed by atoms with Gasteiger partial charge in [0.1, 0.15) is 0 Å². The summed E-state index contributed by atoms with van der Waals surface area (Å²) in [5, 5.41) is 8.62. The van der Waals surface area contributed by atoms with Gasteiger partial charge in [0.15, 0.2) is 0 Å². The Labute approximate surface area is 127 Å². The molecular weight excluding hydrogens is 489 g/mol. The first-order valence-corrected chi connectivity index (χ1v) is 23.7. The van der Waals surface area contributed by atoms with Gasteiger partial charge in [-0.2, -0.15) is 0 Å². The van der Waals surface area contributed by atoms with Gasteiger partial charge >= 0.3 is 129 Å². The molecule has 1 rings (SSSR count). The van der Waals surface area contributed by atoms with Crippen molar-refractivity contribution in [3.05, 3.63) is 24.3 Å². The molecule has 11 heteroatoms. The van der Waals surface area contributed by atoms with Crippen LogP contribution in [0.5, 0.6) is 0 Å². The maximum absolute atomic E-state index is 11.9. The van der Waals surface area contributed by atoms with Crippen LogP contribution in [-0.4, -0.2) is 37.0 Å². The van der Waals surface area contributed by atoms with Crippen LogP contribution in [0.25, 0.3) is 0 Å². The molecule has 0 saturated heterocycles. The number of nitrogens with one attached hydrogen (secondary N) is 1. The normalized spacial score (nSPS) is 16.7. The monoisotopic (exact) mass is 496 g/mol. The fourth-order valence-electron chi connectivity index (χ4n) is 1.18. The summed E-state index contributed by atoms with van der Waals surface area (Å²) in [7, 11) is 19.6.